The number of thiazole rings is 1. The van der Waals surface area contributed by atoms with Crippen molar-refractivity contribution >= 4 is 42.2 Å². The van der Waals surface area contributed by atoms with Crippen LogP contribution in [0, 0.1) is 0 Å². The fraction of sp³-hybridized carbons (Fsp3) is 0.167. The minimum atomic E-state index is -3.80. The highest BCUT2D eigenvalue weighted by Gasteiger charge is 2.24. The zero-order valence-electron chi connectivity index (χ0n) is 16.1. The molecule has 0 amide bonds. The van der Waals surface area contributed by atoms with E-state index >= 15 is 0 Å². The second-order valence-electron chi connectivity index (χ2n) is 6.43. The van der Waals surface area contributed by atoms with Gasteiger partial charge in [-0.1, -0.05) is 29.5 Å². The van der Waals surface area contributed by atoms with Gasteiger partial charge in [0.25, 0.3) is 0 Å². The van der Waals surface area contributed by atoms with Crippen LogP contribution in [0.25, 0.3) is 11.3 Å². The number of benzene rings is 2. The molecule has 30 heavy (non-hydrogen) atoms. The Morgan fingerprint density at radius 3 is 2.27 bits per heavy atom. The van der Waals surface area contributed by atoms with Crippen LogP contribution in [0.15, 0.2) is 58.3 Å². The fourth-order valence-corrected chi connectivity index (χ4v) is 5.12. The number of aliphatic hydroxyl groups is 1. The third-order valence-corrected chi connectivity index (χ3v) is 7.93. The molecule has 160 valence electrons. The molecule has 0 spiro atoms. The maximum atomic E-state index is 12.7. The number of nitrogens with zero attached hydrogens (tertiary/aromatic N) is 2. The summed E-state index contributed by atoms with van der Waals surface area (Å²) in [7, 11) is -4.63. The topological polar surface area (TPSA) is 143 Å². The second kappa shape index (κ2) is 8.41. The Morgan fingerprint density at radius 2 is 1.70 bits per heavy atom. The first kappa shape index (κ1) is 22.3. The third-order valence-electron chi connectivity index (χ3n) is 4.18. The number of aromatic nitrogens is 1. The van der Waals surface area contributed by atoms with Crippen molar-refractivity contribution in [1.29, 1.82) is 0 Å². The average Bonchev–Trinajstić information content (AvgIpc) is 3.10. The van der Waals surface area contributed by atoms with Gasteiger partial charge >= 0.3 is 0 Å². The highest BCUT2D eigenvalue weighted by Crippen LogP contribution is 2.36. The Hall–Kier alpha value is -2.35. The van der Waals surface area contributed by atoms with E-state index in [1.54, 1.807) is 18.2 Å². The van der Waals surface area contributed by atoms with Crippen LogP contribution in [0.1, 0.15) is 4.88 Å². The van der Waals surface area contributed by atoms with Crippen molar-refractivity contribution in [3.8, 4) is 11.3 Å². The number of aliphatic hydroxyl groups excluding tert-OH is 1. The molecule has 0 saturated carbocycles. The molecule has 2 aromatic carbocycles. The lowest BCUT2D eigenvalue weighted by atomic mass is 10.1. The number of hydrogen-bond donors (Lipinski definition) is 3. The largest absolute Gasteiger partial charge is 0.391 e. The van der Waals surface area contributed by atoms with Gasteiger partial charge in [0.1, 0.15) is 0 Å². The summed E-state index contributed by atoms with van der Waals surface area (Å²) in [4.78, 5) is 5.02. The minimum absolute atomic E-state index is 0.0215. The lowest BCUT2D eigenvalue weighted by Gasteiger charge is -2.14. The quantitative estimate of drug-likeness (QED) is 0.481. The molecule has 3 aromatic rings. The van der Waals surface area contributed by atoms with Crippen molar-refractivity contribution < 1.29 is 21.9 Å². The molecule has 12 heteroatoms. The van der Waals surface area contributed by atoms with Crippen LogP contribution >= 0.6 is 11.3 Å². The van der Waals surface area contributed by atoms with Gasteiger partial charge in [-0.25, -0.2) is 31.3 Å². The highest BCUT2D eigenvalue weighted by molar-refractivity contribution is 7.89. The molecule has 9 nitrogen and oxygen atoms in total. The number of anilines is 2. The van der Waals surface area contributed by atoms with E-state index in [4.69, 9.17) is 5.14 Å². The number of nitrogens with one attached hydrogen (secondary N) is 1. The van der Waals surface area contributed by atoms with Gasteiger partial charge in [0, 0.05) is 25.3 Å². The number of sulfonamides is 2. The van der Waals surface area contributed by atoms with E-state index in [0.29, 0.717) is 27.0 Å². The predicted molar refractivity (Wildman–Crippen MR) is 115 cm³/mol. The van der Waals surface area contributed by atoms with E-state index in [1.807, 2.05) is 0 Å². The lowest BCUT2D eigenvalue weighted by Crippen LogP contribution is -2.22. The molecule has 0 unspecified atom stereocenters. The summed E-state index contributed by atoms with van der Waals surface area (Å²) < 4.78 is 49.3. The maximum absolute atomic E-state index is 12.7. The third kappa shape index (κ3) is 4.53. The van der Waals surface area contributed by atoms with E-state index in [9.17, 15) is 21.9 Å². The van der Waals surface area contributed by atoms with Gasteiger partial charge in [0.15, 0.2) is 5.13 Å². The molecule has 0 saturated heterocycles. The van der Waals surface area contributed by atoms with Crippen LogP contribution in [0.2, 0.25) is 0 Å². The number of primary sulfonamides is 1. The molecule has 3 rings (SSSR count). The van der Waals surface area contributed by atoms with Crippen LogP contribution < -0.4 is 10.5 Å². The first-order chi connectivity index (χ1) is 14.0. The molecule has 0 aliphatic rings. The van der Waals surface area contributed by atoms with Gasteiger partial charge in [-0.3, -0.25) is 0 Å². The standard InChI is InChI=1S/C18H20N4O5S3/c1-22(2)30(26,27)16-6-4-3-5-14(16)17-15(11-23)28-18(21-17)20-12-7-9-13(10-8-12)29(19,24)25/h3-10,23H,11H2,1-2H3,(H,20,21)(H2,19,24,25). The van der Waals surface area contributed by atoms with Gasteiger partial charge in [-0.15, -0.1) is 0 Å². The fourth-order valence-electron chi connectivity index (χ4n) is 2.66. The molecule has 1 aromatic heterocycles. The van der Waals surface area contributed by atoms with E-state index in [2.05, 4.69) is 10.3 Å². The van der Waals surface area contributed by atoms with Crippen LogP contribution in [0.3, 0.4) is 0 Å². The zero-order chi connectivity index (χ0) is 22.1. The summed E-state index contributed by atoms with van der Waals surface area (Å²) in [6.07, 6.45) is 0. The summed E-state index contributed by atoms with van der Waals surface area (Å²) in [5.41, 5.74) is 1.29. The first-order valence-corrected chi connectivity index (χ1v) is 12.4. The molecular formula is C18H20N4O5S3. The number of nitrogens with two attached hydrogens (primary N) is 1. The number of rotatable bonds is 7. The normalized spacial score (nSPS) is 12.3. The van der Waals surface area contributed by atoms with Gasteiger partial charge in [-0.05, 0) is 30.3 Å². The van der Waals surface area contributed by atoms with Gasteiger partial charge in [0.2, 0.25) is 20.0 Å². The van der Waals surface area contributed by atoms with Crippen molar-refractivity contribution in [2.75, 3.05) is 19.4 Å². The Bertz CT molecular complexity index is 1270. The van der Waals surface area contributed by atoms with Crippen molar-refractivity contribution in [2.45, 2.75) is 16.4 Å². The molecule has 1 heterocycles. The summed E-state index contributed by atoms with van der Waals surface area (Å²) in [6, 6.07) is 12.2. The van der Waals surface area contributed by atoms with Crippen molar-refractivity contribution in [2.24, 2.45) is 5.14 Å². The Kier molecular flexibility index (Phi) is 6.26. The molecule has 0 atom stereocenters. The molecule has 4 N–H and O–H groups in total. The lowest BCUT2D eigenvalue weighted by molar-refractivity contribution is 0.286. The van der Waals surface area contributed by atoms with Crippen LogP contribution in [0.4, 0.5) is 10.8 Å². The van der Waals surface area contributed by atoms with E-state index in [-0.39, 0.29) is 16.4 Å². The van der Waals surface area contributed by atoms with Crippen molar-refractivity contribution in [1.82, 2.24) is 9.29 Å². The van der Waals surface area contributed by atoms with Crippen molar-refractivity contribution in [3.63, 3.8) is 0 Å². The Balaban J connectivity index is 2.01. The Morgan fingerprint density at radius 1 is 1.07 bits per heavy atom. The summed E-state index contributed by atoms with van der Waals surface area (Å²) in [5, 5.41) is 18.3. The predicted octanol–water partition coefficient (Wildman–Crippen LogP) is 1.94. The van der Waals surface area contributed by atoms with Crippen LogP contribution in [-0.2, 0) is 26.7 Å². The molecule has 0 aliphatic carbocycles. The molecular weight excluding hydrogens is 448 g/mol. The highest BCUT2D eigenvalue weighted by atomic mass is 32.2. The van der Waals surface area contributed by atoms with Crippen LogP contribution in [0.5, 0.6) is 0 Å². The summed E-state index contributed by atoms with van der Waals surface area (Å²) >= 11 is 1.16. The average molecular weight is 469 g/mol. The number of hydrogen-bond acceptors (Lipinski definition) is 8. The van der Waals surface area contributed by atoms with E-state index in [1.165, 1.54) is 44.4 Å². The second-order valence-corrected chi connectivity index (χ2v) is 11.2. The maximum Gasteiger partial charge on any atom is 0.243 e. The molecule has 0 fully saturated rings. The Labute approximate surface area is 178 Å². The van der Waals surface area contributed by atoms with Gasteiger partial charge in [0.05, 0.1) is 27.0 Å². The zero-order valence-corrected chi connectivity index (χ0v) is 18.6. The summed E-state index contributed by atoms with van der Waals surface area (Å²) in [6.45, 7) is -0.324. The monoisotopic (exact) mass is 468 g/mol. The van der Waals surface area contributed by atoms with E-state index < -0.39 is 20.0 Å². The van der Waals surface area contributed by atoms with Gasteiger partial charge < -0.3 is 10.4 Å². The molecule has 0 aliphatic heterocycles. The van der Waals surface area contributed by atoms with Gasteiger partial charge in [-0.2, -0.15) is 0 Å². The van der Waals surface area contributed by atoms with Crippen molar-refractivity contribution in [3.05, 3.63) is 53.4 Å². The first-order valence-electron chi connectivity index (χ1n) is 8.56. The van der Waals surface area contributed by atoms with E-state index in [0.717, 1.165) is 15.6 Å². The minimum Gasteiger partial charge on any atom is -0.391 e. The smallest absolute Gasteiger partial charge is 0.243 e. The SMILES string of the molecule is CN(C)S(=O)(=O)c1ccccc1-c1nc(Nc2ccc(S(N)(=O)=O)cc2)sc1CO. The summed E-state index contributed by atoms with van der Waals surface area (Å²) in [5.74, 6) is 0. The molecule has 0 bridgehead atoms. The molecule has 0 radical (unpaired) electrons. The van der Waals surface area contributed by atoms with Crippen LogP contribution in [-0.4, -0.2) is 45.3 Å².